The van der Waals surface area contributed by atoms with E-state index in [1.807, 2.05) is 17.8 Å². The van der Waals surface area contributed by atoms with Gasteiger partial charge in [0.15, 0.2) is 0 Å². The van der Waals surface area contributed by atoms with Crippen LogP contribution >= 0.6 is 0 Å². The summed E-state index contributed by atoms with van der Waals surface area (Å²) in [5.41, 5.74) is 1.05. The lowest BCUT2D eigenvalue weighted by atomic mass is 10.2. The van der Waals surface area contributed by atoms with Crippen molar-refractivity contribution in [3.63, 3.8) is 0 Å². The summed E-state index contributed by atoms with van der Waals surface area (Å²) in [5.74, 6) is -0.154. The number of carbonyl (C=O) groups is 1. The molecule has 1 aromatic rings. The number of ether oxygens (including phenoxy) is 2. The molecule has 0 N–H and O–H groups in total. The second kappa shape index (κ2) is 6.54. The second-order valence-corrected chi connectivity index (χ2v) is 4.45. The van der Waals surface area contributed by atoms with Crippen molar-refractivity contribution in [2.75, 3.05) is 13.2 Å². The molecule has 1 aliphatic heterocycles. The van der Waals surface area contributed by atoms with Gasteiger partial charge in [-0.3, -0.25) is 4.79 Å². The fourth-order valence-corrected chi connectivity index (χ4v) is 2.08. The molecule has 0 amide bonds. The van der Waals surface area contributed by atoms with E-state index in [2.05, 4.69) is 5.10 Å². The largest absolute Gasteiger partial charge is 0.466 e. The Bertz CT molecular complexity index is 383. The van der Waals surface area contributed by atoms with E-state index in [1.54, 1.807) is 6.20 Å². The molecule has 0 aromatic carbocycles. The molecule has 1 unspecified atom stereocenters. The molecule has 2 heterocycles. The van der Waals surface area contributed by atoms with Crippen LogP contribution in [0.1, 0.15) is 44.4 Å². The summed E-state index contributed by atoms with van der Waals surface area (Å²) in [6.45, 7) is 3.06. The number of esters is 1. The van der Waals surface area contributed by atoms with Gasteiger partial charge in [0.2, 0.25) is 0 Å². The zero-order valence-corrected chi connectivity index (χ0v) is 10.8. The molecule has 0 aliphatic carbocycles. The molecule has 1 saturated heterocycles. The minimum atomic E-state index is -0.154. The van der Waals surface area contributed by atoms with Crippen LogP contribution in [0.2, 0.25) is 0 Å². The molecule has 1 fully saturated rings. The maximum Gasteiger partial charge on any atom is 0.306 e. The fraction of sp³-hybridized carbons (Fsp3) is 0.692. The van der Waals surface area contributed by atoms with Crippen molar-refractivity contribution in [2.24, 2.45) is 0 Å². The standard InChI is InChI=1S/C13H20N2O3/c1-2-17-13(16)7-6-11-9-14-15(10-11)12-5-3-4-8-18-12/h9-10,12H,2-8H2,1H3. The molecule has 5 heteroatoms. The average molecular weight is 252 g/mol. The van der Waals surface area contributed by atoms with Gasteiger partial charge in [0.1, 0.15) is 6.23 Å². The van der Waals surface area contributed by atoms with Gasteiger partial charge in [0, 0.05) is 19.2 Å². The maximum absolute atomic E-state index is 11.3. The monoisotopic (exact) mass is 252 g/mol. The molecule has 1 aliphatic rings. The first-order valence-electron chi connectivity index (χ1n) is 6.60. The third kappa shape index (κ3) is 3.57. The fourth-order valence-electron chi connectivity index (χ4n) is 2.08. The molecular formula is C13H20N2O3. The molecule has 0 bridgehead atoms. The highest BCUT2D eigenvalue weighted by Gasteiger charge is 2.16. The Morgan fingerprint density at radius 1 is 1.61 bits per heavy atom. The minimum Gasteiger partial charge on any atom is -0.466 e. The van der Waals surface area contributed by atoms with Crippen LogP contribution in [0.5, 0.6) is 0 Å². The minimum absolute atomic E-state index is 0.0649. The van der Waals surface area contributed by atoms with Crippen LogP contribution in [0, 0.1) is 0 Å². The molecule has 0 saturated carbocycles. The third-order valence-corrected chi connectivity index (χ3v) is 3.03. The predicted molar refractivity (Wildman–Crippen MR) is 66.0 cm³/mol. The van der Waals surface area contributed by atoms with Crippen molar-refractivity contribution in [3.05, 3.63) is 18.0 Å². The summed E-state index contributed by atoms with van der Waals surface area (Å²) in [6, 6.07) is 0. The first kappa shape index (κ1) is 13.1. The van der Waals surface area contributed by atoms with Gasteiger partial charge in [-0.2, -0.15) is 5.10 Å². The highest BCUT2D eigenvalue weighted by Crippen LogP contribution is 2.22. The maximum atomic E-state index is 11.3. The number of aryl methyl sites for hydroxylation is 1. The lowest BCUT2D eigenvalue weighted by molar-refractivity contribution is -0.143. The van der Waals surface area contributed by atoms with E-state index in [4.69, 9.17) is 9.47 Å². The van der Waals surface area contributed by atoms with Gasteiger partial charge in [-0.1, -0.05) is 0 Å². The molecule has 18 heavy (non-hydrogen) atoms. The molecule has 5 nitrogen and oxygen atoms in total. The van der Waals surface area contributed by atoms with Crippen molar-refractivity contribution >= 4 is 5.97 Å². The van der Waals surface area contributed by atoms with Crippen molar-refractivity contribution in [3.8, 4) is 0 Å². The summed E-state index contributed by atoms with van der Waals surface area (Å²) in [7, 11) is 0. The molecule has 1 aromatic heterocycles. The van der Waals surface area contributed by atoms with Crippen LogP contribution in [-0.2, 0) is 20.7 Å². The van der Waals surface area contributed by atoms with Gasteiger partial charge in [-0.25, -0.2) is 4.68 Å². The second-order valence-electron chi connectivity index (χ2n) is 4.45. The van der Waals surface area contributed by atoms with Crippen molar-refractivity contribution in [2.45, 2.75) is 45.3 Å². The van der Waals surface area contributed by atoms with E-state index in [0.29, 0.717) is 19.4 Å². The summed E-state index contributed by atoms with van der Waals surface area (Å²) in [5, 5.41) is 4.30. The Labute approximate surface area is 107 Å². The van der Waals surface area contributed by atoms with E-state index in [9.17, 15) is 4.79 Å². The summed E-state index contributed by atoms with van der Waals surface area (Å²) in [4.78, 5) is 11.3. The van der Waals surface area contributed by atoms with E-state index < -0.39 is 0 Å². The molecule has 100 valence electrons. The molecule has 2 rings (SSSR count). The Balaban J connectivity index is 1.83. The zero-order chi connectivity index (χ0) is 12.8. The number of hydrogen-bond acceptors (Lipinski definition) is 4. The molecule has 1 atom stereocenters. The summed E-state index contributed by atoms with van der Waals surface area (Å²) >= 11 is 0. The first-order chi connectivity index (χ1) is 8.79. The smallest absolute Gasteiger partial charge is 0.306 e. The topological polar surface area (TPSA) is 53.3 Å². The lowest BCUT2D eigenvalue weighted by Gasteiger charge is -2.22. The van der Waals surface area contributed by atoms with Gasteiger partial charge >= 0.3 is 5.97 Å². The van der Waals surface area contributed by atoms with Gasteiger partial charge in [-0.05, 0) is 38.2 Å². The van der Waals surface area contributed by atoms with Gasteiger partial charge in [0.25, 0.3) is 0 Å². The number of hydrogen-bond donors (Lipinski definition) is 0. The highest BCUT2D eigenvalue weighted by atomic mass is 16.5. The Hall–Kier alpha value is -1.36. The number of aromatic nitrogens is 2. The van der Waals surface area contributed by atoms with Gasteiger partial charge in [0.05, 0.1) is 12.8 Å². The van der Waals surface area contributed by atoms with E-state index >= 15 is 0 Å². The summed E-state index contributed by atoms with van der Waals surface area (Å²) in [6.07, 6.45) is 8.24. The first-order valence-corrected chi connectivity index (χ1v) is 6.60. The van der Waals surface area contributed by atoms with Crippen LogP contribution in [0.4, 0.5) is 0 Å². The normalized spacial score (nSPS) is 19.7. The van der Waals surface area contributed by atoms with E-state index in [0.717, 1.165) is 25.0 Å². The number of nitrogens with zero attached hydrogens (tertiary/aromatic N) is 2. The summed E-state index contributed by atoms with van der Waals surface area (Å²) < 4.78 is 12.4. The van der Waals surface area contributed by atoms with E-state index in [-0.39, 0.29) is 12.2 Å². The van der Waals surface area contributed by atoms with Crippen molar-refractivity contribution in [1.29, 1.82) is 0 Å². The third-order valence-electron chi connectivity index (χ3n) is 3.03. The highest BCUT2D eigenvalue weighted by molar-refractivity contribution is 5.69. The Morgan fingerprint density at radius 2 is 2.50 bits per heavy atom. The van der Waals surface area contributed by atoms with Gasteiger partial charge < -0.3 is 9.47 Å². The molecule has 0 spiro atoms. The number of rotatable bonds is 5. The van der Waals surface area contributed by atoms with Crippen molar-refractivity contribution in [1.82, 2.24) is 9.78 Å². The van der Waals surface area contributed by atoms with E-state index in [1.165, 1.54) is 6.42 Å². The van der Waals surface area contributed by atoms with Gasteiger partial charge in [-0.15, -0.1) is 0 Å². The SMILES string of the molecule is CCOC(=O)CCc1cnn(C2CCCCO2)c1. The average Bonchev–Trinajstić information content (AvgIpc) is 2.87. The Morgan fingerprint density at radius 3 is 3.22 bits per heavy atom. The lowest BCUT2D eigenvalue weighted by Crippen LogP contribution is -2.18. The quantitative estimate of drug-likeness (QED) is 0.753. The van der Waals surface area contributed by atoms with Crippen molar-refractivity contribution < 1.29 is 14.3 Å². The van der Waals surface area contributed by atoms with Crippen LogP contribution in [0.15, 0.2) is 12.4 Å². The predicted octanol–water partition coefficient (Wildman–Crippen LogP) is 2.08. The van der Waals surface area contributed by atoms with Crippen LogP contribution in [-0.4, -0.2) is 29.0 Å². The number of carbonyl (C=O) groups excluding carboxylic acids is 1. The Kier molecular flexibility index (Phi) is 4.75. The van der Waals surface area contributed by atoms with Crippen LogP contribution in [0.25, 0.3) is 0 Å². The molecule has 0 radical (unpaired) electrons. The van der Waals surface area contributed by atoms with Crippen LogP contribution in [0.3, 0.4) is 0 Å². The van der Waals surface area contributed by atoms with Crippen LogP contribution < -0.4 is 0 Å². The zero-order valence-electron chi connectivity index (χ0n) is 10.8. The molecular weight excluding hydrogens is 232 g/mol.